The van der Waals surface area contributed by atoms with Gasteiger partial charge in [0.05, 0.1) is 6.04 Å². The third kappa shape index (κ3) is 4.11. The van der Waals surface area contributed by atoms with Gasteiger partial charge in [-0.1, -0.05) is 35.5 Å². The Bertz CT molecular complexity index is 711. The van der Waals surface area contributed by atoms with Gasteiger partial charge in [0.25, 0.3) is 5.91 Å². The van der Waals surface area contributed by atoms with Gasteiger partial charge in [0.1, 0.15) is 6.10 Å². The first-order valence-electron chi connectivity index (χ1n) is 9.13. The number of ether oxygens (including phenoxy) is 1. The summed E-state index contributed by atoms with van der Waals surface area (Å²) in [5, 5.41) is 4.10. The molecule has 2 aromatic rings. The fourth-order valence-corrected chi connectivity index (χ4v) is 3.17. The Hall–Kier alpha value is -2.25. The van der Waals surface area contributed by atoms with E-state index < -0.39 is 0 Å². The van der Waals surface area contributed by atoms with Crippen molar-refractivity contribution in [2.45, 2.75) is 32.9 Å². The third-order valence-electron chi connectivity index (χ3n) is 4.77. The molecule has 1 aromatic carbocycles. The molecule has 26 heavy (non-hydrogen) atoms. The second-order valence-corrected chi connectivity index (χ2v) is 6.46. The first-order chi connectivity index (χ1) is 12.6. The zero-order valence-electron chi connectivity index (χ0n) is 15.6. The lowest BCUT2D eigenvalue weighted by atomic mass is 10.2. The monoisotopic (exact) mass is 358 g/mol. The van der Waals surface area contributed by atoms with Crippen LogP contribution in [-0.2, 0) is 9.53 Å². The normalized spacial score (nSPS) is 17.9. The first-order valence-corrected chi connectivity index (χ1v) is 9.13. The van der Waals surface area contributed by atoms with Crippen molar-refractivity contribution in [2.24, 2.45) is 0 Å². The predicted molar refractivity (Wildman–Crippen MR) is 97.4 cm³/mol. The minimum atomic E-state index is -0.381. The molecule has 2 atom stereocenters. The Morgan fingerprint density at radius 3 is 2.54 bits per heavy atom. The van der Waals surface area contributed by atoms with Gasteiger partial charge in [-0.05, 0) is 20.8 Å². The summed E-state index contributed by atoms with van der Waals surface area (Å²) in [5.41, 5.74) is 0.940. The summed E-state index contributed by atoms with van der Waals surface area (Å²) in [6.07, 6.45) is -0.381. The van der Waals surface area contributed by atoms with Crippen molar-refractivity contribution >= 4 is 5.91 Å². The second-order valence-electron chi connectivity index (χ2n) is 6.46. The molecule has 140 valence electrons. The van der Waals surface area contributed by atoms with Crippen molar-refractivity contribution in [3.63, 3.8) is 0 Å². The number of benzene rings is 1. The van der Waals surface area contributed by atoms with Gasteiger partial charge in [-0.15, -0.1) is 0 Å². The Morgan fingerprint density at radius 1 is 1.19 bits per heavy atom. The van der Waals surface area contributed by atoms with Crippen LogP contribution < -0.4 is 0 Å². The van der Waals surface area contributed by atoms with E-state index in [4.69, 9.17) is 9.26 Å². The van der Waals surface area contributed by atoms with E-state index >= 15 is 0 Å². The molecule has 2 heterocycles. The maximum Gasteiger partial charge on any atom is 0.251 e. The van der Waals surface area contributed by atoms with Gasteiger partial charge in [0.15, 0.2) is 0 Å². The van der Waals surface area contributed by atoms with Crippen molar-refractivity contribution in [3.05, 3.63) is 36.2 Å². The highest BCUT2D eigenvalue weighted by atomic mass is 16.5. The summed E-state index contributed by atoms with van der Waals surface area (Å²) >= 11 is 0. The molecule has 0 aliphatic carbocycles. The first kappa shape index (κ1) is 18.5. The highest BCUT2D eigenvalue weighted by Crippen LogP contribution is 2.23. The molecule has 1 fully saturated rings. The molecular formula is C19H26N4O3. The fraction of sp³-hybridized carbons (Fsp3) is 0.526. The van der Waals surface area contributed by atoms with Crippen molar-refractivity contribution in [1.82, 2.24) is 19.9 Å². The van der Waals surface area contributed by atoms with Gasteiger partial charge in [-0.2, -0.15) is 4.98 Å². The molecule has 1 amide bonds. The molecule has 7 heteroatoms. The number of hydrogen-bond acceptors (Lipinski definition) is 6. The standard InChI is InChI=1S/C19H26N4O3/c1-4-25-15(3)19(24)23-12-10-22(11-13-23)14(2)18-20-17(21-26-18)16-8-6-5-7-9-16/h5-9,14-15H,4,10-13H2,1-3H3/t14-,15-/m0/s1. The summed E-state index contributed by atoms with van der Waals surface area (Å²) in [4.78, 5) is 21.0. The minimum Gasteiger partial charge on any atom is -0.369 e. The van der Waals surface area contributed by atoms with Crippen LogP contribution in [0.15, 0.2) is 34.9 Å². The van der Waals surface area contributed by atoms with Crippen molar-refractivity contribution < 1.29 is 14.1 Å². The Labute approximate surface area is 153 Å². The number of nitrogens with zero attached hydrogens (tertiary/aromatic N) is 4. The molecule has 0 saturated carbocycles. The molecular weight excluding hydrogens is 332 g/mol. The van der Waals surface area contributed by atoms with E-state index in [1.165, 1.54) is 0 Å². The summed E-state index contributed by atoms with van der Waals surface area (Å²) in [6.45, 7) is 9.22. The van der Waals surface area contributed by atoms with Gasteiger partial charge in [-0.3, -0.25) is 9.69 Å². The molecule has 7 nitrogen and oxygen atoms in total. The summed E-state index contributed by atoms with van der Waals surface area (Å²) in [6, 6.07) is 9.80. The Balaban J connectivity index is 1.58. The van der Waals surface area contributed by atoms with Crippen LogP contribution in [0.2, 0.25) is 0 Å². The highest BCUT2D eigenvalue weighted by Gasteiger charge is 2.29. The van der Waals surface area contributed by atoms with Gasteiger partial charge in [0, 0.05) is 38.3 Å². The molecule has 1 aromatic heterocycles. The quantitative estimate of drug-likeness (QED) is 0.789. The van der Waals surface area contributed by atoms with Crippen LogP contribution in [0, 0.1) is 0 Å². The van der Waals surface area contributed by atoms with Crippen molar-refractivity contribution in [3.8, 4) is 11.4 Å². The van der Waals surface area contributed by atoms with Crippen LogP contribution in [0.1, 0.15) is 32.7 Å². The Kier molecular flexibility index (Phi) is 6.00. The van der Waals surface area contributed by atoms with Crippen LogP contribution >= 0.6 is 0 Å². The molecule has 0 radical (unpaired) electrons. The van der Waals surface area contributed by atoms with Gasteiger partial charge in [0.2, 0.25) is 11.7 Å². The maximum atomic E-state index is 12.3. The number of carbonyl (C=O) groups is 1. The maximum absolute atomic E-state index is 12.3. The van der Waals surface area contributed by atoms with Crippen LogP contribution in [-0.4, -0.2) is 64.7 Å². The number of rotatable bonds is 6. The number of piperazine rings is 1. The van der Waals surface area contributed by atoms with Crippen molar-refractivity contribution in [2.75, 3.05) is 32.8 Å². The van der Waals surface area contributed by atoms with E-state index in [-0.39, 0.29) is 18.1 Å². The van der Waals surface area contributed by atoms with Crippen LogP contribution in [0.5, 0.6) is 0 Å². The molecule has 1 aliphatic rings. The highest BCUT2D eigenvalue weighted by molar-refractivity contribution is 5.80. The predicted octanol–water partition coefficient (Wildman–Crippen LogP) is 2.37. The largest absolute Gasteiger partial charge is 0.369 e. The zero-order chi connectivity index (χ0) is 18.5. The average molecular weight is 358 g/mol. The lowest BCUT2D eigenvalue weighted by molar-refractivity contribution is -0.144. The minimum absolute atomic E-state index is 0.0153. The topological polar surface area (TPSA) is 71.7 Å². The number of hydrogen-bond donors (Lipinski definition) is 0. The lowest BCUT2D eigenvalue weighted by Crippen LogP contribution is -2.51. The van der Waals surface area contributed by atoms with Crippen LogP contribution in [0.3, 0.4) is 0 Å². The van der Waals surface area contributed by atoms with Gasteiger partial charge >= 0.3 is 0 Å². The van der Waals surface area contributed by atoms with E-state index in [1.807, 2.05) is 49.1 Å². The van der Waals surface area contributed by atoms with Gasteiger partial charge < -0.3 is 14.2 Å². The molecule has 1 aliphatic heterocycles. The second kappa shape index (κ2) is 8.42. The number of amides is 1. The molecule has 0 unspecified atom stereocenters. The number of aromatic nitrogens is 2. The SMILES string of the molecule is CCO[C@@H](C)C(=O)N1CCN([C@@H](C)c2nc(-c3ccccc3)no2)CC1. The lowest BCUT2D eigenvalue weighted by Gasteiger charge is -2.37. The molecule has 0 spiro atoms. The van der Waals surface area contributed by atoms with E-state index in [0.29, 0.717) is 31.4 Å². The molecule has 0 N–H and O–H groups in total. The van der Waals surface area contributed by atoms with E-state index in [9.17, 15) is 4.79 Å². The third-order valence-corrected chi connectivity index (χ3v) is 4.77. The summed E-state index contributed by atoms with van der Waals surface area (Å²) in [7, 11) is 0. The zero-order valence-corrected chi connectivity index (χ0v) is 15.6. The van der Waals surface area contributed by atoms with Crippen LogP contribution in [0.25, 0.3) is 11.4 Å². The van der Waals surface area contributed by atoms with E-state index in [0.717, 1.165) is 18.7 Å². The smallest absolute Gasteiger partial charge is 0.251 e. The molecule has 3 rings (SSSR count). The van der Waals surface area contributed by atoms with E-state index in [2.05, 4.69) is 22.0 Å². The van der Waals surface area contributed by atoms with Crippen LogP contribution in [0.4, 0.5) is 0 Å². The average Bonchev–Trinajstić information content (AvgIpc) is 3.18. The van der Waals surface area contributed by atoms with Crippen molar-refractivity contribution in [1.29, 1.82) is 0 Å². The fourth-order valence-electron chi connectivity index (χ4n) is 3.17. The Morgan fingerprint density at radius 2 is 1.88 bits per heavy atom. The van der Waals surface area contributed by atoms with Gasteiger partial charge in [-0.25, -0.2) is 0 Å². The molecule has 1 saturated heterocycles. The number of carbonyl (C=O) groups excluding carboxylic acids is 1. The molecule has 0 bridgehead atoms. The van der Waals surface area contributed by atoms with E-state index in [1.54, 1.807) is 0 Å². The summed E-state index contributed by atoms with van der Waals surface area (Å²) < 4.78 is 10.9. The summed E-state index contributed by atoms with van der Waals surface area (Å²) in [5.74, 6) is 1.27.